The number of nitrogens with zero attached hydrogens (tertiary/aromatic N) is 2. The molecule has 4 nitrogen and oxygen atoms in total. The van der Waals surface area contributed by atoms with Crippen molar-refractivity contribution < 1.29 is 4.52 Å². The van der Waals surface area contributed by atoms with E-state index in [1.54, 1.807) is 0 Å². The lowest BCUT2D eigenvalue weighted by molar-refractivity contribution is 0.134. The van der Waals surface area contributed by atoms with Gasteiger partial charge >= 0.3 is 0 Å². The third-order valence-corrected chi connectivity index (χ3v) is 3.77. The molecule has 0 spiro atoms. The van der Waals surface area contributed by atoms with Crippen LogP contribution in [0.3, 0.4) is 0 Å². The quantitative estimate of drug-likeness (QED) is 0.876. The molecule has 1 aromatic heterocycles. The summed E-state index contributed by atoms with van der Waals surface area (Å²) in [7, 11) is 0. The van der Waals surface area contributed by atoms with Crippen LogP contribution >= 0.6 is 0 Å². The van der Waals surface area contributed by atoms with Gasteiger partial charge in [-0.15, -0.1) is 0 Å². The van der Waals surface area contributed by atoms with E-state index in [2.05, 4.69) is 28.4 Å². The minimum Gasteiger partial charge on any atom is -0.356 e. The van der Waals surface area contributed by atoms with Crippen molar-refractivity contribution in [2.75, 3.05) is 19.6 Å². The predicted octanol–water partition coefficient (Wildman–Crippen LogP) is 2.53. The summed E-state index contributed by atoms with van der Waals surface area (Å²) < 4.78 is 5.47. The largest absolute Gasteiger partial charge is 0.356 e. The molecule has 0 amide bonds. The molecule has 0 radical (unpaired) electrons. The zero-order chi connectivity index (χ0) is 13.8. The lowest BCUT2D eigenvalue weighted by atomic mass is 10.1. The molecule has 4 heteroatoms. The van der Waals surface area contributed by atoms with Crippen LogP contribution in [0, 0.1) is 0 Å². The first-order valence-electron chi connectivity index (χ1n) is 7.32. The van der Waals surface area contributed by atoms with Crippen LogP contribution in [0.4, 0.5) is 0 Å². The molecule has 0 aliphatic carbocycles. The maximum Gasteiger partial charge on any atom is 0.167 e. The first kappa shape index (κ1) is 13.3. The molecule has 1 saturated heterocycles. The minimum absolute atomic E-state index is 0.645. The van der Waals surface area contributed by atoms with Crippen molar-refractivity contribution >= 4 is 0 Å². The Balaban J connectivity index is 1.69. The summed E-state index contributed by atoms with van der Waals surface area (Å²) in [5.41, 5.74) is 2.10. The highest BCUT2D eigenvalue weighted by Crippen LogP contribution is 2.21. The van der Waals surface area contributed by atoms with Crippen molar-refractivity contribution in [3.8, 4) is 11.3 Å². The van der Waals surface area contributed by atoms with Gasteiger partial charge in [0.25, 0.3) is 0 Å². The van der Waals surface area contributed by atoms with Crippen molar-refractivity contribution in [2.24, 2.45) is 0 Å². The van der Waals surface area contributed by atoms with E-state index < -0.39 is 0 Å². The van der Waals surface area contributed by atoms with Crippen LogP contribution in [0.1, 0.15) is 19.0 Å². The van der Waals surface area contributed by atoms with Crippen LogP contribution in [0.5, 0.6) is 0 Å². The number of hydrogen-bond acceptors (Lipinski definition) is 4. The maximum absolute atomic E-state index is 5.47. The Morgan fingerprint density at radius 3 is 2.75 bits per heavy atom. The van der Waals surface area contributed by atoms with E-state index in [0.717, 1.165) is 43.2 Å². The van der Waals surface area contributed by atoms with Crippen LogP contribution in [0.2, 0.25) is 0 Å². The van der Waals surface area contributed by atoms with Gasteiger partial charge in [0, 0.05) is 37.3 Å². The predicted molar refractivity (Wildman–Crippen MR) is 79.3 cm³/mol. The Hall–Kier alpha value is -1.65. The summed E-state index contributed by atoms with van der Waals surface area (Å²) in [5.74, 6) is 0.851. The number of hydrogen-bond donors (Lipinski definition) is 1. The molecule has 0 bridgehead atoms. The molecule has 1 N–H and O–H groups in total. The van der Waals surface area contributed by atoms with Crippen molar-refractivity contribution in [1.29, 1.82) is 0 Å². The van der Waals surface area contributed by atoms with Gasteiger partial charge in [0.2, 0.25) is 0 Å². The number of aromatic nitrogens is 1. The SMILES string of the molecule is CCCN(Cc1cc(-c2ccccc2)on1)C1CNC1. The van der Waals surface area contributed by atoms with Gasteiger partial charge in [-0.05, 0) is 13.0 Å². The summed E-state index contributed by atoms with van der Waals surface area (Å²) in [6, 6.07) is 12.8. The second-order valence-electron chi connectivity index (χ2n) is 5.33. The van der Waals surface area contributed by atoms with Gasteiger partial charge in [-0.25, -0.2) is 0 Å². The molecule has 2 heterocycles. The summed E-state index contributed by atoms with van der Waals surface area (Å²) in [5, 5.41) is 7.55. The molecule has 3 rings (SSSR count). The Morgan fingerprint density at radius 1 is 1.30 bits per heavy atom. The molecule has 1 fully saturated rings. The second-order valence-corrected chi connectivity index (χ2v) is 5.33. The fraction of sp³-hybridized carbons (Fsp3) is 0.438. The molecule has 20 heavy (non-hydrogen) atoms. The van der Waals surface area contributed by atoms with Crippen molar-refractivity contribution in [1.82, 2.24) is 15.4 Å². The third kappa shape index (κ3) is 2.92. The molecule has 0 saturated carbocycles. The van der Waals surface area contributed by atoms with Crippen molar-refractivity contribution in [3.05, 3.63) is 42.1 Å². The van der Waals surface area contributed by atoms with Crippen LogP contribution in [-0.2, 0) is 6.54 Å². The summed E-state index contributed by atoms with van der Waals surface area (Å²) in [6.45, 7) is 6.38. The van der Waals surface area contributed by atoms with Gasteiger partial charge in [0.15, 0.2) is 5.76 Å². The van der Waals surface area contributed by atoms with Crippen LogP contribution in [0.25, 0.3) is 11.3 Å². The van der Waals surface area contributed by atoms with E-state index in [1.807, 2.05) is 30.3 Å². The van der Waals surface area contributed by atoms with Crippen LogP contribution < -0.4 is 5.32 Å². The summed E-state index contributed by atoms with van der Waals surface area (Å²) >= 11 is 0. The Bertz CT molecular complexity index is 534. The summed E-state index contributed by atoms with van der Waals surface area (Å²) in [4.78, 5) is 2.49. The standard InChI is InChI=1S/C16H21N3O/c1-2-8-19(15-10-17-11-15)12-14-9-16(20-18-14)13-6-4-3-5-7-13/h3-7,9,15,17H,2,8,10-12H2,1H3. The molecule has 1 aliphatic heterocycles. The fourth-order valence-electron chi connectivity index (χ4n) is 2.54. The molecular formula is C16H21N3O. The Morgan fingerprint density at radius 2 is 2.10 bits per heavy atom. The summed E-state index contributed by atoms with van der Waals surface area (Å²) in [6.07, 6.45) is 1.17. The molecule has 1 aliphatic rings. The molecular weight excluding hydrogens is 250 g/mol. The molecule has 0 atom stereocenters. The van der Waals surface area contributed by atoms with Gasteiger partial charge in [-0.1, -0.05) is 42.4 Å². The second kappa shape index (κ2) is 6.20. The average Bonchev–Trinajstić information content (AvgIpc) is 2.87. The first-order chi connectivity index (χ1) is 9.86. The van der Waals surface area contributed by atoms with Gasteiger partial charge < -0.3 is 9.84 Å². The van der Waals surface area contributed by atoms with E-state index in [9.17, 15) is 0 Å². The van der Waals surface area contributed by atoms with E-state index in [-0.39, 0.29) is 0 Å². The van der Waals surface area contributed by atoms with E-state index in [0.29, 0.717) is 6.04 Å². The molecule has 1 aromatic carbocycles. The van der Waals surface area contributed by atoms with E-state index in [1.165, 1.54) is 6.42 Å². The van der Waals surface area contributed by atoms with Gasteiger partial charge in [-0.3, -0.25) is 4.90 Å². The third-order valence-electron chi connectivity index (χ3n) is 3.77. The first-order valence-corrected chi connectivity index (χ1v) is 7.32. The topological polar surface area (TPSA) is 41.3 Å². The molecule has 106 valence electrons. The number of benzene rings is 1. The fourth-order valence-corrected chi connectivity index (χ4v) is 2.54. The number of nitrogens with one attached hydrogen (secondary N) is 1. The minimum atomic E-state index is 0.645. The van der Waals surface area contributed by atoms with Gasteiger partial charge in [0.05, 0.1) is 5.69 Å². The number of rotatable bonds is 6. The van der Waals surface area contributed by atoms with Crippen molar-refractivity contribution in [3.63, 3.8) is 0 Å². The monoisotopic (exact) mass is 271 g/mol. The van der Waals surface area contributed by atoms with Gasteiger partial charge in [0.1, 0.15) is 0 Å². The highest BCUT2D eigenvalue weighted by Gasteiger charge is 2.24. The molecule has 0 unspecified atom stereocenters. The lowest BCUT2D eigenvalue weighted by Crippen LogP contribution is -2.57. The van der Waals surface area contributed by atoms with Gasteiger partial charge in [-0.2, -0.15) is 0 Å². The Kier molecular flexibility index (Phi) is 4.14. The lowest BCUT2D eigenvalue weighted by Gasteiger charge is -2.37. The molecule has 2 aromatic rings. The van der Waals surface area contributed by atoms with Crippen LogP contribution in [-0.4, -0.2) is 35.7 Å². The normalized spacial score (nSPS) is 15.5. The van der Waals surface area contributed by atoms with E-state index >= 15 is 0 Å². The van der Waals surface area contributed by atoms with Crippen LogP contribution in [0.15, 0.2) is 40.9 Å². The average molecular weight is 271 g/mol. The maximum atomic E-state index is 5.47. The van der Waals surface area contributed by atoms with Crippen molar-refractivity contribution in [2.45, 2.75) is 25.9 Å². The zero-order valence-electron chi connectivity index (χ0n) is 11.9. The highest BCUT2D eigenvalue weighted by atomic mass is 16.5. The smallest absolute Gasteiger partial charge is 0.167 e. The highest BCUT2D eigenvalue weighted by molar-refractivity contribution is 5.56. The Labute approximate surface area is 119 Å². The van der Waals surface area contributed by atoms with E-state index in [4.69, 9.17) is 4.52 Å². The zero-order valence-corrected chi connectivity index (χ0v) is 11.9.